The summed E-state index contributed by atoms with van der Waals surface area (Å²) < 4.78 is 1.19. The second kappa shape index (κ2) is 5.44. The van der Waals surface area contributed by atoms with Crippen LogP contribution in [-0.2, 0) is 11.3 Å². The largest absolute Gasteiger partial charge is 0.373 e. The minimum absolute atomic E-state index is 0.00574. The first-order valence-electron chi connectivity index (χ1n) is 5.38. The van der Waals surface area contributed by atoms with Crippen LogP contribution in [0, 0.1) is 0 Å². The van der Waals surface area contributed by atoms with E-state index < -0.39 is 0 Å². The molecular weight excluding hydrogens is 206 g/mol. The Morgan fingerprint density at radius 1 is 1.50 bits per heavy atom. The third kappa shape index (κ3) is 2.92. The van der Waals surface area contributed by atoms with Gasteiger partial charge >= 0.3 is 0 Å². The molecule has 88 valence electrons. The van der Waals surface area contributed by atoms with Crippen LogP contribution in [-0.4, -0.2) is 29.2 Å². The summed E-state index contributed by atoms with van der Waals surface area (Å²) in [5.74, 6) is 0.00574. The quantitative estimate of drug-likeness (QED) is 0.736. The molecule has 16 heavy (non-hydrogen) atoms. The van der Waals surface area contributed by atoms with Crippen LogP contribution < -0.4 is 10.5 Å². The molecule has 0 amide bonds. The number of rotatable bonds is 5. The lowest BCUT2D eigenvalue weighted by Gasteiger charge is -2.16. The average molecular weight is 223 g/mol. The topological polar surface area (TPSA) is 55.2 Å². The summed E-state index contributed by atoms with van der Waals surface area (Å²) in [7, 11) is 1.89. The fourth-order valence-corrected chi connectivity index (χ4v) is 1.21. The molecule has 0 aliphatic rings. The lowest BCUT2D eigenvalue weighted by atomic mass is 10.3. The van der Waals surface area contributed by atoms with Gasteiger partial charge in [-0.3, -0.25) is 9.59 Å². The van der Waals surface area contributed by atoms with Gasteiger partial charge in [-0.15, -0.1) is 0 Å². The number of hydrogen-bond acceptors (Lipinski definition) is 4. The van der Waals surface area contributed by atoms with Gasteiger partial charge in [0.2, 0.25) is 0 Å². The van der Waals surface area contributed by atoms with Gasteiger partial charge in [0.15, 0.2) is 5.78 Å². The molecule has 1 aromatic heterocycles. The third-order valence-electron chi connectivity index (χ3n) is 2.49. The number of carbonyl (C=O) groups excluding carboxylic acids is 1. The zero-order valence-corrected chi connectivity index (χ0v) is 9.93. The van der Waals surface area contributed by atoms with Gasteiger partial charge in [-0.1, -0.05) is 6.92 Å². The fourth-order valence-electron chi connectivity index (χ4n) is 1.21. The predicted octanol–water partition coefficient (Wildman–Crippen LogP) is 0.679. The van der Waals surface area contributed by atoms with Gasteiger partial charge in [0.05, 0.1) is 11.9 Å². The summed E-state index contributed by atoms with van der Waals surface area (Å²) >= 11 is 0. The first kappa shape index (κ1) is 12.4. The molecule has 0 spiro atoms. The highest BCUT2D eigenvalue weighted by Crippen LogP contribution is 2.05. The van der Waals surface area contributed by atoms with Crippen LogP contribution in [0.1, 0.15) is 20.3 Å². The van der Waals surface area contributed by atoms with Crippen LogP contribution in [0.4, 0.5) is 5.69 Å². The smallest absolute Gasteiger partial charge is 0.269 e. The molecule has 0 saturated carbocycles. The third-order valence-corrected chi connectivity index (χ3v) is 2.49. The SMILES string of the molecule is CCC(=O)Cn1ncc(N(C)CC)cc1=O. The molecule has 0 radical (unpaired) electrons. The van der Waals surface area contributed by atoms with E-state index in [-0.39, 0.29) is 17.9 Å². The van der Waals surface area contributed by atoms with E-state index in [1.807, 2.05) is 18.9 Å². The molecule has 0 fully saturated rings. The van der Waals surface area contributed by atoms with Crippen molar-refractivity contribution in [1.29, 1.82) is 0 Å². The van der Waals surface area contributed by atoms with Gasteiger partial charge in [-0.2, -0.15) is 5.10 Å². The van der Waals surface area contributed by atoms with Crippen molar-refractivity contribution in [3.63, 3.8) is 0 Å². The molecule has 1 heterocycles. The summed E-state index contributed by atoms with van der Waals surface area (Å²) in [5.41, 5.74) is 0.535. The Labute approximate surface area is 94.7 Å². The van der Waals surface area contributed by atoms with E-state index >= 15 is 0 Å². The molecule has 0 bridgehead atoms. The van der Waals surface area contributed by atoms with Crippen molar-refractivity contribution in [2.24, 2.45) is 0 Å². The normalized spacial score (nSPS) is 10.2. The summed E-state index contributed by atoms with van der Waals surface area (Å²) in [6.45, 7) is 4.63. The summed E-state index contributed by atoms with van der Waals surface area (Å²) in [6.07, 6.45) is 2.03. The van der Waals surface area contributed by atoms with Crippen LogP contribution in [0.25, 0.3) is 0 Å². The van der Waals surface area contributed by atoms with E-state index in [2.05, 4.69) is 5.10 Å². The molecule has 5 nitrogen and oxygen atoms in total. The van der Waals surface area contributed by atoms with Gasteiger partial charge < -0.3 is 4.90 Å². The maximum absolute atomic E-state index is 11.6. The lowest BCUT2D eigenvalue weighted by molar-refractivity contribution is -0.119. The number of carbonyl (C=O) groups is 1. The fraction of sp³-hybridized carbons (Fsp3) is 0.545. The second-order valence-corrected chi connectivity index (χ2v) is 3.62. The van der Waals surface area contributed by atoms with Gasteiger partial charge in [-0.25, -0.2) is 4.68 Å². The molecule has 0 aliphatic heterocycles. The minimum atomic E-state index is -0.236. The highest BCUT2D eigenvalue weighted by molar-refractivity contribution is 5.77. The first-order chi connectivity index (χ1) is 7.58. The van der Waals surface area contributed by atoms with E-state index in [0.717, 1.165) is 12.2 Å². The maximum atomic E-state index is 11.6. The number of aromatic nitrogens is 2. The Bertz CT molecular complexity index is 425. The molecule has 0 unspecified atom stereocenters. The van der Waals surface area contributed by atoms with Crippen molar-refractivity contribution in [3.05, 3.63) is 22.6 Å². The van der Waals surface area contributed by atoms with Crippen LogP contribution in [0.5, 0.6) is 0 Å². The predicted molar refractivity (Wildman–Crippen MR) is 62.7 cm³/mol. The van der Waals surface area contributed by atoms with Crippen molar-refractivity contribution in [2.75, 3.05) is 18.5 Å². The highest BCUT2D eigenvalue weighted by Gasteiger charge is 2.06. The van der Waals surface area contributed by atoms with E-state index in [1.165, 1.54) is 10.7 Å². The Morgan fingerprint density at radius 2 is 2.19 bits per heavy atom. The Balaban J connectivity index is 2.92. The maximum Gasteiger partial charge on any atom is 0.269 e. The zero-order chi connectivity index (χ0) is 12.1. The Morgan fingerprint density at radius 3 is 2.69 bits per heavy atom. The number of nitrogens with zero attached hydrogens (tertiary/aromatic N) is 3. The Kier molecular flexibility index (Phi) is 4.22. The summed E-state index contributed by atoms with van der Waals surface area (Å²) in [5, 5.41) is 3.98. The van der Waals surface area contributed by atoms with Crippen molar-refractivity contribution >= 4 is 11.5 Å². The monoisotopic (exact) mass is 223 g/mol. The van der Waals surface area contributed by atoms with E-state index in [0.29, 0.717) is 6.42 Å². The summed E-state index contributed by atoms with van der Waals surface area (Å²) in [6, 6.07) is 1.50. The number of ketones is 1. The van der Waals surface area contributed by atoms with E-state index in [9.17, 15) is 9.59 Å². The van der Waals surface area contributed by atoms with Gasteiger partial charge in [0.25, 0.3) is 5.56 Å². The molecule has 5 heteroatoms. The van der Waals surface area contributed by atoms with Crippen LogP contribution in [0.3, 0.4) is 0 Å². The van der Waals surface area contributed by atoms with Crippen molar-refractivity contribution in [2.45, 2.75) is 26.8 Å². The van der Waals surface area contributed by atoms with Crippen molar-refractivity contribution in [1.82, 2.24) is 9.78 Å². The molecule has 1 aromatic rings. The van der Waals surface area contributed by atoms with Crippen LogP contribution in [0.15, 0.2) is 17.1 Å². The second-order valence-electron chi connectivity index (χ2n) is 3.62. The number of Topliss-reactive ketones (excluding diaryl/α,β-unsaturated/α-hetero) is 1. The van der Waals surface area contributed by atoms with Gasteiger partial charge in [0.1, 0.15) is 6.54 Å². The number of hydrogen-bond donors (Lipinski definition) is 0. The lowest BCUT2D eigenvalue weighted by Crippen LogP contribution is -2.28. The molecule has 0 aliphatic carbocycles. The summed E-state index contributed by atoms with van der Waals surface area (Å²) in [4.78, 5) is 24.7. The molecule has 1 rings (SSSR count). The molecule has 0 atom stereocenters. The Hall–Kier alpha value is -1.65. The van der Waals surface area contributed by atoms with E-state index in [4.69, 9.17) is 0 Å². The number of anilines is 1. The minimum Gasteiger partial charge on any atom is -0.373 e. The van der Waals surface area contributed by atoms with Crippen LogP contribution >= 0.6 is 0 Å². The first-order valence-corrected chi connectivity index (χ1v) is 5.38. The van der Waals surface area contributed by atoms with Crippen molar-refractivity contribution < 1.29 is 4.79 Å². The van der Waals surface area contributed by atoms with E-state index in [1.54, 1.807) is 13.1 Å². The highest BCUT2D eigenvalue weighted by atomic mass is 16.1. The molecule has 0 aromatic carbocycles. The van der Waals surface area contributed by atoms with Gasteiger partial charge in [-0.05, 0) is 6.92 Å². The van der Waals surface area contributed by atoms with Crippen molar-refractivity contribution in [3.8, 4) is 0 Å². The van der Waals surface area contributed by atoms with Gasteiger partial charge in [0, 0.05) is 26.1 Å². The molecule has 0 N–H and O–H groups in total. The molecular formula is C11H17N3O2. The van der Waals surface area contributed by atoms with Crippen LogP contribution in [0.2, 0.25) is 0 Å². The standard InChI is InChI=1S/C11H17N3O2/c1-4-10(15)8-14-11(16)6-9(7-12-14)13(3)5-2/h6-7H,4-5,8H2,1-3H3. The average Bonchev–Trinajstić information content (AvgIpc) is 2.30. The zero-order valence-electron chi connectivity index (χ0n) is 9.93. The molecule has 0 saturated heterocycles.